The molecule has 0 aliphatic rings. The highest BCUT2D eigenvalue weighted by Gasteiger charge is 2.07. The van der Waals surface area contributed by atoms with Crippen molar-refractivity contribution in [1.82, 2.24) is 5.32 Å². The third-order valence-electron chi connectivity index (χ3n) is 2.59. The molecular weight excluding hydrogens is 268 g/mol. The van der Waals surface area contributed by atoms with Crippen molar-refractivity contribution in [1.29, 1.82) is 0 Å². The average Bonchev–Trinajstić information content (AvgIpc) is 2.93. The van der Waals surface area contributed by atoms with E-state index in [0.717, 1.165) is 17.9 Å². The Hall–Kier alpha value is -1.92. The minimum absolute atomic E-state index is 0.0176. The van der Waals surface area contributed by atoms with E-state index in [1.165, 1.54) is 6.07 Å². The van der Waals surface area contributed by atoms with Gasteiger partial charge in [0.2, 0.25) is 0 Å². The third kappa shape index (κ3) is 4.32. The lowest BCUT2D eigenvalue weighted by molar-refractivity contribution is 0.105. The van der Waals surface area contributed by atoms with E-state index in [0.29, 0.717) is 13.1 Å². The monoisotopic (exact) mass is 283 g/mol. The van der Waals surface area contributed by atoms with E-state index in [4.69, 9.17) is 9.15 Å². The van der Waals surface area contributed by atoms with Crippen LogP contribution in [-0.2, 0) is 6.54 Å². The summed E-state index contributed by atoms with van der Waals surface area (Å²) >= 11 is 0. The molecular formula is C14H15F2NO3. The van der Waals surface area contributed by atoms with Crippen molar-refractivity contribution in [2.75, 3.05) is 13.2 Å². The molecule has 0 saturated carbocycles. The van der Waals surface area contributed by atoms with E-state index in [9.17, 15) is 13.9 Å². The molecule has 1 unspecified atom stereocenters. The summed E-state index contributed by atoms with van der Waals surface area (Å²) < 4.78 is 35.9. The Balaban J connectivity index is 1.69. The van der Waals surface area contributed by atoms with Gasteiger partial charge in [0.25, 0.3) is 0 Å². The van der Waals surface area contributed by atoms with Gasteiger partial charge in [0.05, 0.1) is 12.8 Å². The molecule has 0 radical (unpaired) electrons. The Kier molecular flexibility index (Phi) is 5.09. The Bertz CT molecular complexity index is 531. The summed E-state index contributed by atoms with van der Waals surface area (Å²) in [5, 5.41) is 12.7. The van der Waals surface area contributed by atoms with Crippen LogP contribution in [0.1, 0.15) is 5.76 Å². The van der Waals surface area contributed by atoms with E-state index in [1.807, 2.05) is 6.07 Å². The average molecular weight is 283 g/mol. The van der Waals surface area contributed by atoms with Crippen LogP contribution >= 0.6 is 0 Å². The highest BCUT2D eigenvalue weighted by Crippen LogP contribution is 2.15. The molecule has 0 aliphatic carbocycles. The number of hydrogen-bond acceptors (Lipinski definition) is 4. The fourth-order valence-electron chi connectivity index (χ4n) is 1.59. The molecule has 6 heteroatoms. The topological polar surface area (TPSA) is 54.6 Å². The van der Waals surface area contributed by atoms with Crippen LogP contribution in [0.15, 0.2) is 41.0 Å². The lowest BCUT2D eigenvalue weighted by Crippen LogP contribution is -2.31. The number of halogens is 2. The van der Waals surface area contributed by atoms with Crippen LogP contribution in [-0.4, -0.2) is 24.4 Å². The normalized spacial score (nSPS) is 12.3. The van der Waals surface area contributed by atoms with E-state index in [1.54, 1.807) is 12.3 Å². The lowest BCUT2D eigenvalue weighted by atomic mass is 10.3. The minimum Gasteiger partial charge on any atom is -0.491 e. The molecule has 0 aliphatic heterocycles. The maximum absolute atomic E-state index is 12.9. The molecule has 0 fully saturated rings. The number of aliphatic hydroxyl groups is 1. The molecule has 1 aromatic carbocycles. The van der Waals surface area contributed by atoms with Gasteiger partial charge in [0.15, 0.2) is 11.6 Å². The molecule has 2 rings (SSSR count). The molecule has 2 N–H and O–H groups in total. The molecule has 1 heterocycles. The Labute approximate surface area is 115 Å². The Morgan fingerprint density at radius 3 is 2.80 bits per heavy atom. The van der Waals surface area contributed by atoms with Gasteiger partial charge in [-0.2, -0.15) is 0 Å². The smallest absolute Gasteiger partial charge is 0.162 e. The van der Waals surface area contributed by atoms with Crippen molar-refractivity contribution in [3.63, 3.8) is 0 Å². The number of hydrogen-bond donors (Lipinski definition) is 2. The SMILES string of the molecule is OC(CNCc1ccco1)COc1ccc(F)c(F)c1. The zero-order valence-electron chi connectivity index (χ0n) is 10.7. The molecule has 0 amide bonds. The van der Waals surface area contributed by atoms with Crippen LogP contribution in [0, 0.1) is 11.6 Å². The van der Waals surface area contributed by atoms with Gasteiger partial charge in [0, 0.05) is 12.6 Å². The van der Waals surface area contributed by atoms with Crippen molar-refractivity contribution in [2.45, 2.75) is 12.6 Å². The summed E-state index contributed by atoms with van der Waals surface area (Å²) in [5.41, 5.74) is 0. The van der Waals surface area contributed by atoms with E-state index >= 15 is 0 Å². The Morgan fingerprint density at radius 1 is 1.25 bits per heavy atom. The van der Waals surface area contributed by atoms with Gasteiger partial charge in [-0.3, -0.25) is 0 Å². The highest BCUT2D eigenvalue weighted by molar-refractivity contribution is 5.23. The number of furan rings is 1. The van der Waals surface area contributed by atoms with Gasteiger partial charge in [0.1, 0.15) is 24.2 Å². The Morgan fingerprint density at radius 2 is 2.10 bits per heavy atom. The van der Waals surface area contributed by atoms with Crippen molar-refractivity contribution in [3.8, 4) is 5.75 Å². The summed E-state index contributed by atoms with van der Waals surface area (Å²) in [6.45, 7) is 0.774. The molecule has 108 valence electrons. The lowest BCUT2D eigenvalue weighted by Gasteiger charge is -2.13. The predicted octanol–water partition coefficient (Wildman–Crippen LogP) is 2.09. The summed E-state index contributed by atoms with van der Waals surface area (Å²) in [6.07, 6.45) is 0.803. The second kappa shape index (κ2) is 7.02. The number of rotatable bonds is 7. The first-order chi connectivity index (χ1) is 9.65. The van der Waals surface area contributed by atoms with E-state index in [2.05, 4.69) is 5.32 Å². The molecule has 4 nitrogen and oxygen atoms in total. The molecule has 1 aromatic heterocycles. The first-order valence-electron chi connectivity index (χ1n) is 6.14. The molecule has 0 spiro atoms. The van der Waals surface area contributed by atoms with Gasteiger partial charge in [-0.15, -0.1) is 0 Å². The van der Waals surface area contributed by atoms with E-state index < -0.39 is 17.7 Å². The maximum Gasteiger partial charge on any atom is 0.162 e. The predicted molar refractivity (Wildman–Crippen MR) is 68.3 cm³/mol. The number of ether oxygens (including phenoxy) is 1. The summed E-state index contributed by atoms with van der Waals surface area (Å²) in [4.78, 5) is 0. The zero-order valence-corrected chi connectivity index (χ0v) is 10.7. The van der Waals surface area contributed by atoms with Gasteiger partial charge < -0.3 is 19.6 Å². The van der Waals surface area contributed by atoms with Crippen LogP contribution in [0.3, 0.4) is 0 Å². The largest absolute Gasteiger partial charge is 0.491 e. The third-order valence-corrected chi connectivity index (χ3v) is 2.59. The summed E-state index contributed by atoms with van der Waals surface area (Å²) in [7, 11) is 0. The van der Waals surface area contributed by atoms with Crippen molar-refractivity contribution in [3.05, 3.63) is 54.0 Å². The summed E-state index contributed by atoms with van der Waals surface area (Å²) in [6, 6.07) is 6.82. The standard InChI is InChI=1S/C14H15F2NO3/c15-13-4-3-11(6-14(13)16)20-9-10(18)7-17-8-12-2-1-5-19-12/h1-6,10,17-18H,7-9H2. The quantitative estimate of drug-likeness (QED) is 0.817. The molecule has 1 atom stereocenters. The molecule has 2 aromatic rings. The fourth-order valence-corrected chi connectivity index (χ4v) is 1.59. The van der Waals surface area contributed by atoms with Gasteiger partial charge in [-0.25, -0.2) is 8.78 Å². The van der Waals surface area contributed by atoms with Crippen LogP contribution in [0.25, 0.3) is 0 Å². The van der Waals surface area contributed by atoms with Crippen LogP contribution in [0.5, 0.6) is 5.75 Å². The zero-order chi connectivity index (χ0) is 14.4. The maximum atomic E-state index is 12.9. The van der Waals surface area contributed by atoms with Gasteiger partial charge in [-0.1, -0.05) is 0 Å². The van der Waals surface area contributed by atoms with Crippen molar-refractivity contribution in [2.24, 2.45) is 0 Å². The minimum atomic E-state index is -0.979. The second-order valence-electron chi connectivity index (χ2n) is 4.25. The fraction of sp³-hybridized carbons (Fsp3) is 0.286. The van der Waals surface area contributed by atoms with E-state index in [-0.39, 0.29) is 12.4 Å². The molecule has 0 saturated heterocycles. The highest BCUT2D eigenvalue weighted by atomic mass is 19.2. The van der Waals surface area contributed by atoms with Crippen molar-refractivity contribution >= 4 is 0 Å². The van der Waals surface area contributed by atoms with Crippen LogP contribution < -0.4 is 10.1 Å². The van der Waals surface area contributed by atoms with Gasteiger partial charge in [-0.05, 0) is 24.3 Å². The molecule has 0 bridgehead atoms. The van der Waals surface area contributed by atoms with Crippen LogP contribution in [0.2, 0.25) is 0 Å². The van der Waals surface area contributed by atoms with Gasteiger partial charge >= 0.3 is 0 Å². The number of benzene rings is 1. The number of aliphatic hydroxyl groups excluding tert-OH is 1. The first kappa shape index (κ1) is 14.5. The number of nitrogens with one attached hydrogen (secondary N) is 1. The molecule has 20 heavy (non-hydrogen) atoms. The van der Waals surface area contributed by atoms with Crippen molar-refractivity contribution < 1.29 is 23.0 Å². The first-order valence-corrected chi connectivity index (χ1v) is 6.14. The van der Waals surface area contributed by atoms with Crippen LogP contribution in [0.4, 0.5) is 8.78 Å². The summed E-state index contributed by atoms with van der Waals surface area (Å²) in [5.74, 6) is -0.973. The second-order valence-corrected chi connectivity index (χ2v) is 4.25.